The second kappa shape index (κ2) is 3.55. The normalized spacial score (nSPS) is 11.5. The zero-order valence-corrected chi connectivity index (χ0v) is 5.95. The maximum Gasteiger partial charge on any atom is 0.507 e. The van der Waals surface area contributed by atoms with Crippen LogP contribution < -0.4 is 0 Å². The molecule has 44 valence electrons. The van der Waals surface area contributed by atoms with Crippen molar-refractivity contribution >= 4 is 28.7 Å². The largest absolute Gasteiger partial charge is 0.507 e. The molecule has 0 aromatic carbocycles. The van der Waals surface area contributed by atoms with Crippen molar-refractivity contribution in [3.63, 3.8) is 0 Å². The standard InChI is InChI=1S/C4H3IO3/c1-2-3(5)8-4(6)7/h1,3H,(H,6,7). The van der Waals surface area contributed by atoms with E-state index in [4.69, 9.17) is 11.5 Å². The highest BCUT2D eigenvalue weighted by Gasteiger charge is 2.02. The van der Waals surface area contributed by atoms with Gasteiger partial charge in [0, 0.05) is 0 Å². The van der Waals surface area contributed by atoms with Crippen LogP contribution in [0.5, 0.6) is 0 Å². The van der Waals surface area contributed by atoms with E-state index in [0.717, 1.165) is 0 Å². The molecule has 8 heavy (non-hydrogen) atoms. The first kappa shape index (κ1) is 7.56. The summed E-state index contributed by atoms with van der Waals surface area (Å²) >= 11 is 1.68. The Morgan fingerprint density at radius 2 is 2.50 bits per heavy atom. The molecule has 0 saturated heterocycles. The molecule has 0 heterocycles. The Bertz CT molecular complexity index is 126. The van der Waals surface area contributed by atoms with Gasteiger partial charge in [0.2, 0.25) is 4.11 Å². The van der Waals surface area contributed by atoms with Gasteiger partial charge in [0.1, 0.15) is 0 Å². The first-order chi connectivity index (χ1) is 3.66. The van der Waals surface area contributed by atoms with E-state index in [0.29, 0.717) is 0 Å². The van der Waals surface area contributed by atoms with Gasteiger partial charge in [-0.15, -0.1) is 6.42 Å². The smallest absolute Gasteiger partial charge is 0.450 e. The minimum atomic E-state index is -1.35. The third kappa shape index (κ3) is 3.74. The number of alkyl halides is 1. The van der Waals surface area contributed by atoms with Gasteiger partial charge in [-0.25, -0.2) is 4.79 Å². The number of rotatable bonds is 1. The Kier molecular flexibility index (Phi) is 3.35. The van der Waals surface area contributed by atoms with Crippen LogP contribution in [0.4, 0.5) is 4.79 Å². The summed E-state index contributed by atoms with van der Waals surface area (Å²) in [6, 6.07) is 0. The predicted molar refractivity (Wildman–Crippen MR) is 35.8 cm³/mol. The van der Waals surface area contributed by atoms with Crippen LogP contribution in [0.25, 0.3) is 0 Å². The van der Waals surface area contributed by atoms with E-state index in [1.807, 2.05) is 0 Å². The van der Waals surface area contributed by atoms with E-state index in [-0.39, 0.29) is 0 Å². The third-order valence-corrected chi connectivity index (χ3v) is 0.949. The lowest BCUT2D eigenvalue weighted by Crippen LogP contribution is -2.06. The summed E-state index contributed by atoms with van der Waals surface area (Å²) in [4.78, 5) is 9.65. The van der Waals surface area contributed by atoms with Gasteiger partial charge >= 0.3 is 6.16 Å². The van der Waals surface area contributed by atoms with Crippen LogP contribution in [0, 0.1) is 12.3 Å². The van der Waals surface area contributed by atoms with E-state index in [1.54, 1.807) is 22.6 Å². The first-order valence-corrected chi connectivity index (χ1v) is 2.91. The minimum absolute atomic E-state index is 0.676. The Hall–Kier alpha value is -0.440. The summed E-state index contributed by atoms with van der Waals surface area (Å²) in [6.07, 6.45) is 3.43. The van der Waals surface area contributed by atoms with Gasteiger partial charge in [0.25, 0.3) is 0 Å². The Morgan fingerprint density at radius 3 is 2.62 bits per heavy atom. The average Bonchev–Trinajstić information content (AvgIpc) is 1.65. The molecule has 0 saturated carbocycles. The topological polar surface area (TPSA) is 46.5 Å². The van der Waals surface area contributed by atoms with Crippen molar-refractivity contribution in [1.29, 1.82) is 0 Å². The van der Waals surface area contributed by atoms with Crippen molar-refractivity contribution in [2.24, 2.45) is 0 Å². The van der Waals surface area contributed by atoms with E-state index in [9.17, 15) is 4.79 Å². The number of carbonyl (C=O) groups is 1. The molecule has 0 aromatic rings. The van der Waals surface area contributed by atoms with Gasteiger partial charge in [-0.1, -0.05) is 5.92 Å². The number of hydrogen-bond acceptors (Lipinski definition) is 2. The van der Waals surface area contributed by atoms with Crippen LogP contribution in [0.3, 0.4) is 0 Å². The van der Waals surface area contributed by atoms with E-state index in [1.165, 1.54) is 0 Å². The second-order valence-electron chi connectivity index (χ2n) is 0.866. The van der Waals surface area contributed by atoms with Crippen LogP contribution >= 0.6 is 22.6 Å². The highest BCUT2D eigenvalue weighted by molar-refractivity contribution is 14.1. The van der Waals surface area contributed by atoms with Crippen LogP contribution in [0.15, 0.2) is 0 Å². The molecule has 1 N–H and O–H groups in total. The predicted octanol–water partition coefficient (Wildman–Crippen LogP) is 1.08. The van der Waals surface area contributed by atoms with Crippen molar-refractivity contribution in [2.75, 3.05) is 0 Å². The molecule has 3 nitrogen and oxygen atoms in total. The summed E-state index contributed by atoms with van der Waals surface area (Å²) in [5.41, 5.74) is 0. The Labute approximate surface area is 60.2 Å². The fraction of sp³-hybridized carbons (Fsp3) is 0.250. The zero-order valence-electron chi connectivity index (χ0n) is 3.80. The highest BCUT2D eigenvalue weighted by Crippen LogP contribution is 1.99. The van der Waals surface area contributed by atoms with Crippen LogP contribution in [0.2, 0.25) is 0 Å². The summed E-state index contributed by atoms with van der Waals surface area (Å²) < 4.78 is 3.39. The molecule has 0 aromatic heterocycles. The minimum Gasteiger partial charge on any atom is -0.450 e. The fourth-order valence-corrected chi connectivity index (χ4v) is 0.340. The Balaban J connectivity index is 3.43. The Morgan fingerprint density at radius 1 is 2.00 bits per heavy atom. The lowest BCUT2D eigenvalue weighted by atomic mass is 10.8. The molecule has 0 rings (SSSR count). The second-order valence-corrected chi connectivity index (χ2v) is 2.00. The van der Waals surface area contributed by atoms with Crippen molar-refractivity contribution in [3.05, 3.63) is 0 Å². The van der Waals surface area contributed by atoms with Gasteiger partial charge in [-0.2, -0.15) is 0 Å². The zero-order chi connectivity index (χ0) is 6.57. The number of carboxylic acid groups (broad SMARTS) is 1. The fourth-order valence-electron chi connectivity index (χ4n) is 0.123. The molecule has 0 fully saturated rings. The highest BCUT2D eigenvalue weighted by atomic mass is 127. The molecular formula is C4H3IO3. The first-order valence-electron chi connectivity index (χ1n) is 1.66. The number of hydrogen-bond donors (Lipinski definition) is 1. The molecule has 0 bridgehead atoms. The van der Waals surface area contributed by atoms with E-state index >= 15 is 0 Å². The quantitative estimate of drug-likeness (QED) is 0.315. The summed E-state index contributed by atoms with van der Waals surface area (Å²) in [6.45, 7) is 0. The molecule has 0 aliphatic heterocycles. The van der Waals surface area contributed by atoms with Gasteiger partial charge in [0.15, 0.2) is 0 Å². The number of terminal acetylenes is 1. The molecule has 1 atom stereocenters. The SMILES string of the molecule is C#CC(I)OC(=O)O. The summed E-state index contributed by atoms with van der Waals surface area (Å²) in [5.74, 6) is 2.08. The lowest BCUT2D eigenvalue weighted by molar-refractivity contribution is 0.0992. The van der Waals surface area contributed by atoms with Gasteiger partial charge in [0.05, 0.1) is 0 Å². The van der Waals surface area contributed by atoms with Crippen LogP contribution in [-0.2, 0) is 4.74 Å². The van der Waals surface area contributed by atoms with Crippen LogP contribution in [-0.4, -0.2) is 15.4 Å². The molecule has 0 amide bonds. The molecule has 0 aliphatic rings. The number of ether oxygens (including phenoxy) is 1. The summed E-state index contributed by atoms with van der Waals surface area (Å²) in [7, 11) is 0. The maximum atomic E-state index is 9.65. The monoisotopic (exact) mass is 226 g/mol. The van der Waals surface area contributed by atoms with Crippen LogP contribution in [0.1, 0.15) is 0 Å². The maximum absolute atomic E-state index is 9.65. The van der Waals surface area contributed by atoms with E-state index in [2.05, 4.69) is 10.7 Å². The molecule has 0 aliphatic carbocycles. The molecule has 0 spiro atoms. The third-order valence-electron chi connectivity index (χ3n) is 0.335. The van der Waals surface area contributed by atoms with Crippen molar-refractivity contribution in [3.8, 4) is 12.3 Å². The van der Waals surface area contributed by atoms with Gasteiger partial charge in [-0.05, 0) is 22.6 Å². The van der Waals surface area contributed by atoms with Gasteiger partial charge < -0.3 is 9.84 Å². The van der Waals surface area contributed by atoms with Crippen molar-refractivity contribution in [2.45, 2.75) is 4.11 Å². The van der Waals surface area contributed by atoms with Gasteiger partial charge in [-0.3, -0.25) is 0 Å². The molecule has 1 unspecified atom stereocenters. The molecule has 0 radical (unpaired) electrons. The molecular weight excluding hydrogens is 223 g/mol. The average molecular weight is 226 g/mol. The lowest BCUT2D eigenvalue weighted by Gasteiger charge is -1.97. The summed E-state index contributed by atoms with van der Waals surface area (Å²) in [5, 5.41) is 7.89. The number of halogens is 1. The van der Waals surface area contributed by atoms with Crippen molar-refractivity contribution in [1.82, 2.24) is 0 Å². The van der Waals surface area contributed by atoms with Crippen molar-refractivity contribution < 1.29 is 14.6 Å². The van der Waals surface area contributed by atoms with E-state index < -0.39 is 10.3 Å². The molecule has 4 heteroatoms.